The van der Waals surface area contributed by atoms with Gasteiger partial charge < -0.3 is 4.90 Å². The molecule has 0 saturated carbocycles. The number of nitriles is 1. The van der Waals surface area contributed by atoms with Gasteiger partial charge in [0, 0.05) is 13.1 Å². The van der Waals surface area contributed by atoms with Gasteiger partial charge in [-0.25, -0.2) is 9.97 Å². The van der Waals surface area contributed by atoms with Crippen LogP contribution < -0.4 is 4.90 Å². The molecule has 1 atom stereocenters. The van der Waals surface area contributed by atoms with E-state index in [-0.39, 0.29) is 11.3 Å². The van der Waals surface area contributed by atoms with Gasteiger partial charge in [0.15, 0.2) is 0 Å². The minimum atomic E-state index is 0.0667. The minimum absolute atomic E-state index is 0.0667. The number of hydrogen-bond acceptors (Lipinski definition) is 4. The number of rotatable bonds is 2. The Labute approximate surface area is 166 Å². The molecule has 1 aliphatic heterocycles. The van der Waals surface area contributed by atoms with Gasteiger partial charge in [-0.1, -0.05) is 57.2 Å². The molecule has 0 bridgehead atoms. The van der Waals surface area contributed by atoms with Crippen LogP contribution in [0.3, 0.4) is 0 Å². The molecule has 2 aromatic carbocycles. The first kappa shape index (κ1) is 18.4. The molecule has 1 fully saturated rings. The van der Waals surface area contributed by atoms with Crippen LogP contribution in [0, 0.1) is 17.2 Å². The van der Waals surface area contributed by atoms with Crippen LogP contribution in [0.5, 0.6) is 0 Å². The third-order valence-electron chi connectivity index (χ3n) is 5.61. The summed E-state index contributed by atoms with van der Waals surface area (Å²) >= 11 is 0. The van der Waals surface area contributed by atoms with Crippen LogP contribution >= 0.6 is 0 Å². The predicted octanol–water partition coefficient (Wildman–Crippen LogP) is 5.33. The Hall–Kier alpha value is -2.93. The maximum atomic E-state index is 9.38. The van der Waals surface area contributed by atoms with Crippen molar-refractivity contribution in [1.82, 2.24) is 9.97 Å². The number of hydrogen-bond donors (Lipinski definition) is 0. The number of anilines is 1. The lowest BCUT2D eigenvalue weighted by Crippen LogP contribution is -2.35. The fourth-order valence-corrected chi connectivity index (χ4v) is 4.00. The fourth-order valence-electron chi connectivity index (χ4n) is 4.00. The molecule has 3 aromatic rings. The maximum absolute atomic E-state index is 9.38. The van der Waals surface area contributed by atoms with Gasteiger partial charge in [0.25, 0.3) is 0 Å². The van der Waals surface area contributed by atoms with Gasteiger partial charge in [0.2, 0.25) is 0 Å². The standard InChI is InChI=1S/C24H26N4/c1-24(2,3)19-11-9-18(10-12-19)20-7-4-8-21-22(20)23(27-16-26-21)28-13-5-6-17(14-25)15-28/h4,7-12,16-17H,5-6,13,15H2,1-3H3. The van der Waals surface area contributed by atoms with E-state index in [1.807, 2.05) is 6.07 Å². The first-order valence-electron chi connectivity index (χ1n) is 9.96. The third-order valence-corrected chi connectivity index (χ3v) is 5.61. The molecule has 1 aromatic heterocycles. The summed E-state index contributed by atoms with van der Waals surface area (Å²) in [5.41, 5.74) is 4.71. The van der Waals surface area contributed by atoms with Gasteiger partial charge in [-0.2, -0.15) is 5.26 Å². The van der Waals surface area contributed by atoms with E-state index < -0.39 is 0 Å². The van der Waals surface area contributed by atoms with Crippen LogP contribution in [-0.2, 0) is 5.41 Å². The van der Waals surface area contributed by atoms with Crippen molar-refractivity contribution in [2.24, 2.45) is 5.92 Å². The molecule has 0 aliphatic carbocycles. The van der Waals surface area contributed by atoms with Crippen molar-refractivity contribution in [2.75, 3.05) is 18.0 Å². The van der Waals surface area contributed by atoms with Crippen LogP contribution in [-0.4, -0.2) is 23.1 Å². The summed E-state index contributed by atoms with van der Waals surface area (Å²) in [5.74, 6) is 1.01. The second-order valence-corrected chi connectivity index (χ2v) is 8.64. The maximum Gasteiger partial charge on any atom is 0.140 e. The summed E-state index contributed by atoms with van der Waals surface area (Å²) in [4.78, 5) is 11.4. The molecule has 2 heterocycles. The zero-order valence-electron chi connectivity index (χ0n) is 16.8. The quantitative estimate of drug-likeness (QED) is 0.611. The van der Waals surface area contributed by atoms with Crippen LogP contribution in [0.4, 0.5) is 5.82 Å². The highest BCUT2D eigenvalue weighted by Gasteiger charge is 2.23. The first-order chi connectivity index (χ1) is 13.5. The van der Waals surface area contributed by atoms with E-state index in [0.29, 0.717) is 0 Å². The van der Waals surface area contributed by atoms with Gasteiger partial charge >= 0.3 is 0 Å². The Kier molecular flexibility index (Phi) is 4.77. The molecule has 1 unspecified atom stereocenters. The summed E-state index contributed by atoms with van der Waals surface area (Å²) in [6.45, 7) is 8.36. The van der Waals surface area contributed by atoms with E-state index >= 15 is 0 Å². The molecular formula is C24H26N4. The van der Waals surface area contributed by atoms with Crippen LogP contribution in [0.15, 0.2) is 48.8 Å². The molecule has 142 valence electrons. The van der Waals surface area contributed by atoms with E-state index in [2.05, 4.69) is 78.1 Å². The second-order valence-electron chi connectivity index (χ2n) is 8.64. The van der Waals surface area contributed by atoms with Gasteiger partial charge in [0.05, 0.1) is 22.9 Å². The van der Waals surface area contributed by atoms with Crippen molar-refractivity contribution < 1.29 is 0 Å². The fraction of sp³-hybridized carbons (Fsp3) is 0.375. The van der Waals surface area contributed by atoms with Crippen LogP contribution in [0.1, 0.15) is 39.2 Å². The molecule has 0 radical (unpaired) electrons. The molecule has 1 saturated heterocycles. The van der Waals surface area contributed by atoms with Crippen LogP contribution in [0.25, 0.3) is 22.0 Å². The first-order valence-corrected chi connectivity index (χ1v) is 9.96. The summed E-state index contributed by atoms with van der Waals surface area (Å²) in [7, 11) is 0. The lowest BCUT2D eigenvalue weighted by atomic mass is 9.86. The van der Waals surface area contributed by atoms with Crippen molar-refractivity contribution in [3.8, 4) is 17.2 Å². The molecule has 4 rings (SSSR count). The Morgan fingerprint density at radius 2 is 1.86 bits per heavy atom. The summed E-state index contributed by atoms with van der Waals surface area (Å²) < 4.78 is 0. The molecule has 0 amide bonds. The molecule has 28 heavy (non-hydrogen) atoms. The molecule has 4 nitrogen and oxygen atoms in total. The molecule has 1 aliphatic rings. The predicted molar refractivity (Wildman–Crippen MR) is 114 cm³/mol. The van der Waals surface area contributed by atoms with Crippen molar-refractivity contribution in [2.45, 2.75) is 39.0 Å². The monoisotopic (exact) mass is 370 g/mol. The smallest absolute Gasteiger partial charge is 0.140 e. The normalized spacial score (nSPS) is 17.5. The highest BCUT2D eigenvalue weighted by molar-refractivity contribution is 6.02. The minimum Gasteiger partial charge on any atom is -0.355 e. The van der Waals surface area contributed by atoms with Crippen LogP contribution in [0.2, 0.25) is 0 Å². The zero-order chi connectivity index (χ0) is 19.7. The highest BCUT2D eigenvalue weighted by Crippen LogP contribution is 2.36. The van der Waals surface area contributed by atoms with Gasteiger partial charge in [0.1, 0.15) is 12.1 Å². The topological polar surface area (TPSA) is 52.8 Å². The SMILES string of the molecule is CC(C)(C)c1ccc(-c2cccc3ncnc(N4CCCC(C#N)C4)c23)cc1. The van der Waals surface area contributed by atoms with E-state index in [1.165, 1.54) is 11.1 Å². The number of piperidine rings is 1. The van der Waals surface area contributed by atoms with Crippen molar-refractivity contribution in [3.63, 3.8) is 0 Å². The largest absolute Gasteiger partial charge is 0.355 e. The van der Waals surface area contributed by atoms with E-state index in [1.54, 1.807) is 6.33 Å². The Morgan fingerprint density at radius 1 is 1.07 bits per heavy atom. The molecule has 0 N–H and O–H groups in total. The van der Waals surface area contributed by atoms with E-state index in [0.717, 1.165) is 48.2 Å². The Bertz CT molecular complexity index is 1020. The Morgan fingerprint density at radius 3 is 2.57 bits per heavy atom. The van der Waals surface area contributed by atoms with E-state index in [9.17, 15) is 5.26 Å². The van der Waals surface area contributed by atoms with Gasteiger partial charge in [-0.3, -0.25) is 0 Å². The average Bonchev–Trinajstić information content (AvgIpc) is 2.72. The van der Waals surface area contributed by atoms with Gasteiger partial charge in [-0.15, -0.1) is 0 Å². The van der Waals surface area contributed by atoms with Crippen molar-refractivity contribution >= 4 is 16.7 Å². The lowest BCUT2D eigenvalue weighted by Gasteiger charge is -2.31. The van der Waals surface area contributed by atoms with E-state index in [4.69, 9.17) is 0 Å². The highest BCUT2D eigenvalue weighted by atomic mass is 15.2. The third kappa shape index (κ3) is 3.45. The second kappa shape index (κ2) is 7.24. The average molecular weight is 371 g/mol. The number of benzene rings is 2. The number of fused-ring (bicyclic) bond motifs is 1. The number of aromatic nitrogens is 2. The lowest BCUT2D eigenvalue weighted by molar-refractivity contribution is 0.491. The number of nitrogens with zero attached hydrogens (tertiary/aromatic N) is 4. The zero-order valence-corrected chi connectivity index (χ0v) is 16.8. The summed E-state index contributed by atoms with van der Waals surface area (Å²) in [6.07, 6.45) is 3.63. The van der Waals surface area contributed by atoms with Crippen molar-refractivity contribution in [1.29, 1.82) is 5.26 Å². The molecule has 0 spiro atoms. The van der Waals surface area contributed by atoms with Gasteiger partial charge in [-0.05, 0) is 41.0 Å². The molecule has 4 heteroatoms. The van der Waals surface area contributed by atoms with Crippen molar-refractivity contribution in [3.05, 3.63) is 54.4 Å². The summed E-state index contributed by atoms with van der Waals surface area (Å²) in [5, 5.41) is 10.5. The summed E-state index contributed by atoms with van der Waals surface area (Å²) in [6, 6.07) is 17.5. The molecular weight excluding hydrogens is 344 g/mol. The Balaban J connectivity index is 1.83.